The van der Waals surface area contributed by atoms with Crippen molar-refractivity contribution < 1.29 is 13.9 Å². The highest BCUT2D eigenvalue weighted by atomic mass is 32.1. The van der Waals surface area contributed by atoms with Crippen LogP contribution in [0.1, 0.15) is 53.8 Å². The molecule has 30 heavy (non-hydrogen) atoms. The Hall–Kier alpha value is -2.15. The van der Waals surface area contributed by atoms with E-state index < -0.39 is 0 Å². The van der Waals surface area contributed by atoms with Gasteiger partial charge >= 0.3 is 0 Å². The minimum atomic E-state index is -0.172. The Morgan fingerprint density at radius 2 is 1.97 bits per heavy atom. The molecule has 0 unspecified atom stereocenters. The fourth-order valence-electron chi connectivity index (χ4n) is 4.02. The number of hydrogen-bond donors (Lipinski definition) is 1. The number of carbonyl (C=O) groups is 1. The van der Waals surface area contributed by atoms with E-state index in [1.165, 1.54) is 10.1 Å². The molecule has 3 heterocycles. The molecule has 0 radical (unpaired) electrons. The second-order valence-corrected chi connectivity index (χ2v) is 9.90. The zero-order valence-electron chi connectivity index (χ0n) is 18.2. The highest BCUT2D eigenvalue weighted by Crippen LogP contribution is 2.33. The summed E-state index contributed by atoms with van der Waals surface area (Å²) in [5, 5.41) is 6.42. The summed E-state index contributed by atoms with van der Waals surface area (Å²) < 4.78 is 12.9. The van der Waals surface area contributed by atoms with E-state index in [9.17, 15) is 4.79 Å². The van der Waals surface area contributed by atoms with Crippen LogP contribution in [0.25, 0.3) is 10.1 Å². The number of morpholine rings is 1. The maximum atomic E-state index is 13.2. The van der Waals surface area contributed by atoms with Crippen molar-refractivity contribution in [3.8, 4) is 0 Å². The number of hydrogen-bond acceptors (Lipinski definition) is 5. The molecule has 6 heteroatoms. The summed E-state index contributed by atoms with van der Waals surface area (Å²) in [7, 11) is 0. The smallest absolute Gasteiger partial charge is 0.255 e. The van der Waals surface area contributed by atoms with Crippen LogP contribution in [0.4, 0.5) is 0 Å². The van der Waals surface area contributed by atoms with Gasteiger partial charge in [-0.25, -0.2) is 0 Å². The standard InChI is InChI=1S/C24H30N2O3S/c1-16-21(23(27)25-14-17-5-6-20-18(13-17)7-12-30-20)19(22(29-16)24(2,3)4)15-26-8-10-28-11-9-26/h5-7,12-13H,8-11,14-15H2,1-4H3,(H,25,27). The largest absolute Gasteiger partial charge is 0.465 e. The number of nitrogens with one attached hydrogen (secondary N) is 1. The van der Waals surface area contributed by atoms with Crippen LogP contribution in [0.5, 0.6) is 0 Å². The van der Waals surface area contributed by atoms with Crippen molar-refractivity contribution in [3.05, 3.63) is 57.9 Å². The molecule has 1 amide bonds. The quantitative estimate of drug-likeness (QED) is 0.633. The molecule has 1 N–H and O–H groups in total. The van der Waals surface area contributed by atoms with Crippen LogP contribution < -0.4 is 5.32 Å². The van der Waals surface area contributed by atoms with E-state index in [2.05, 4.69) is 60.6 Å². The van der Waals surface area contributed by atoms with Gasteiger partial charge in [0.25, 0.3) is 5.91 Å². The lowest BCUT2D eigenvalue weighted by molar-refractivity contribution is 0.0337. The molecular formula is C24H30N2O3S. The Morgan fingerprint density at radius 3 is 2.70 bits per heavy atom. The van der Waals surface area contributed by atoms with E-state index in [1.54, 1.807) is 11.3 Å². The first-order valence-corrected chi connectivity index (χ1v) is 11.4. The molecule has 0 saturated carbocycles. The van der Waals surface area contributed by atoms with E-state index in [0.717, 1.165) is 43.2 Å². The summed E-state index contributed by atoms with van der Waals surface area (Å²) in [5.74, 6) is 1.52. The first-order chi connectivity index (χ1) is 14.3. The molecule has 160 valence electrons. The molecule has 1 saturated heterocycles. The van der Waals surface area contributed by atoms with Crippen molar-refractivity contribution in [3.63, 3.8) is 0 Å². The van der Waals surface area contributed by atoms with Gasteiger partial charge in [-0.15, -0.1) is 11.3 Å². The van der Waals surface area contributed by atoms with E-state index >= 15 is 0 Å². The van der Waals surface area contributed by atoms with Gasteiger partial charge in [-0.05, 0) is 41.5 Å². The van der Waals surface area contributed by atoms with Crippen LogP contribution in [0, 0.1) is 6.92 Å². The van der Waals surface area contributed by atoms with Gasteiger partial charge in [0, 0.05) is 41.9 Å². The zero-order chi connectivity index (χ0) is 21.3. The monoisotopic (exact) mass is 426 g/mol. The molecule has 1 fully saturated rings. The topological polar surface area (TPSA) is 54.7 Å². The zero-order valence-corrected chi connectivity index (χ0v) is 19.0. The van der Waals surface area contributed by atoms with E-state index in [-0.39, 0.29) is 11.3 Å². The van der Waals surface area contributed by atoms with Crippen LogP contribution in [0.2, 0.25) is 0 Å². The van der Waals surface area contributed by atoms with Gasteiger partial charge in [0.15, 0.2) is 0 Å². The molecule has 1 aliphatic heterocycles. The van der Waals surface area contributed by atoms with E-state index in [4.69, 9.17) is 9.15 Å². The molecule has 5 nitrogen and oxygen atoms in total. The maximum Gasteiger partial charge on any atom is 0.255 e. The normalized spacial score (nSPS) is 15.6. The Bertz CT molecular complexity index is 1040. The summed E-state index contributed by atoms with van der Waals surface area (Å²) in [6, 6.07) is 8.45. The molecule has 2 aromatic heterocycles. The third-order valence-corrected chi connectivity index (χ3v) is 6.44. The van der Waals surface area contributed by atoms with Crippen LogP contribution in [0.3, 0.4) is 0 Å². The van der Waals surface area contributed by atoms with Crippen LogP contribution >= 0.6 is 11.3 Å². The van der Waals surface area contributed by atoms with Gasteiger partial charge < -0.3 is 14.5 Å². The van der Waals surface area contributed by atoms with Crippen molar-refractivity contribution in [1.82, 2.24) is 10.2 Å². The van der Waals surface area contributed by atoms with Gasteiger partial charge in [0.2, 0.25) is 0 Å². The molecular weight excluding hydrogens is 396 g/mol. The second kappa shape index (κ2) is 8.53. The minimum absolute atomic E-state index is 0.0691. The number of carbonyl (C=O) groups excluding carboxylic acids is 1. The van der Waals surface area contributed by atoms with Gasteiger partial charge in [0.05, 0.1) is 18.8 Å². The number of nitrogens with zero attached hydrogens (tertiary/aromatic N) is 1. The number of benzene rings is 1. The number of ether oxygens (including phenoxy) is 1. The molecule has 0 atom stereocenters. The fourth-order valence-corrected chi connectivity index (χ4v) is 4.80. The van der Waals surface area contributed by atoms with Crippen molar-refractivity contribution in [2.45, 2.75) is 46.2 Å². The maximum absolute atomic E-state index is 13.2. The Labute approximate surface area is 182 Å². The average molecular weight is 427 g/mol. The Kier molecular flexibility index (Phi) is 6.00. The molecule has 0 spiro atoms. The fraction of sp³-hybridized carbons (Fsp3) is 0.458. The van der Waals surface area contributed by atoms with Crippen LogP contribution in [-0.2, 0) is 23.2 Å². The lowest BCUT2D eigenvalue weighted by Gasteiger charge is -2.28. The van der Waals surface area contributed by atoms with Gasteiger partial charge in [0.1, 0.15) is 11.5 Å². The van der Waals surface area contributed by atoms with Crippen LogP contribution in [0.15, 0.2) is 34.1 Å². The average Bonchev–Trinajstić information content (AvgIpc) is 3.30. The van der Waals surface area contributed by atoms with Crippen molar-refractivity contribution in [2.75, 3.05) is 26.3 Å². The third-order valence-electron chi connectivity index (χ3n) is 5.55. The number of thiophene rings is 1. The first kappa shape index (κ1) is 21.1. The Balaban J connectivity index is 1.57. The SMILES string of the molecule is Cc1oc(C(C)(C)C)c(CN2CCOCC2)c1C(=O)NCc1ccc2sccc2c1. The van der Waals surface area contributed by atoms with Crippen molar-refractivity contribution in [2.24, 2.45) is 0 Å². The predicted octanol–water partition coefficient (Wildman–Crippen LogP) is 4.86. The molecule has 0 aliphatic carbocycles. The lowest BCUT2D eigenvalue weighted by Crippen LogP contribution is -2.37. The lowest BCUT2D eigenvalue weighted by atomic mass is 9.88. The summed E-state index contributed by atoms with van der Waals surface area (Å²) in [5.41, 5.74) is 2.62. The van der Waals surface area contributed by atoms with Crippen LogP contribution in [-0.4, -0.2) is 37.1 Å². The summed E-state index contributed by atoms with van der Waals surface area (Å²) >= 11 is 1.73. The minimum Gasteiger partial charge on any atom is -0.465 e. The molecule has 1 aliphatic rings. The van der Waals surface area contributed by atoms with Gasteiger partial charge in [-0.2, -0.15) is 0 Å². The molecule has 1 aromatic carbocycles. The van der Waals surface area contributed by atoms with Gasteiger partial charge in [-0.3, -0.25) is 9.69 Å². The van der Waals surface area contributed by atoms with Gasteiger partial charge in [-0.1, -0.05) is 26.8 Å². The van der Waals surface area contributed by atoms with E-state index in [0.29, 0.717) is 24.4 Å². The van der Waals surface area contributed by atoms with Crippen molar-refractivity contribution >= 4 is 27.3 Å². The number of fused-ring (bicyclic) bond motifs is 1. The number of rotatable bonds is 5. The Morgan fingerprint density at radius 1 is 1.20 bits per heavy atom. The summed E-state index contributed by atoms with van der Waals surface area (Å²) in [6.45, 7) is 12.7. The number of aryl methyl sites for hydroxylation is 1. The number of furan rings is 1. The highest BCUT2D eigenvalue weighted by Gasteiger charge is 2.31. The number of amides is 1. The predicted molar refractivity (Wildman–Crippen MR) is 121 cm³/mol. The van der Waals surface area contributed by atoms with Crippen molar-refractivity contribution in [1.29, 1.82) is 0 Å². The second-order valence-electron chi connectivity index (χ2n) is 8.95. The summed E-state index contributed by atoms with van der Waals surface area (Å²) in [6.07, 6.45) is 0. The first-order valence-electron chi connectivity index (χ1n) is 10.5. The molecule has 4 rings (SSSR count). The summed E-state index contributed by atoms with van der Waals surface area (Å²) in [4.78, 5) is 15.6. The highest BCUT2D eigenvalue weighted by molar-refractivity contribution is 7.17. The third kappa shape index (κ3) is 4.46. The molecule has 0 bridgehead atoms. The molecule has 3 aromatic rings. The van der Waals surface area contributed by atoms with E-state index in [1.807, 2.05) is 6.92 Å².